The number of hydrogen-bond donors (Lipinski definition) is 1. The number of carbonyl (C=O) groups excluding carboxylic acids is 1. The molecule has 0 radical (unpaired) electrons. The van der Waals surface area contributed by atoms with Gasteiger partial charge in [-0.2, -0.15) is 0 Å². The summed E-state index contributed by atoms with van der Waals surface area (Å²) in [6, 6.07) is 0. The second kappa shape index (κ2) is 10.6. The zero-order valence-corrected chi connectivity index (χ0v) is 11.7. The molecule has 0 aliphatic heterocycles. The molecule has 0 unspecified atom stereocenters. The van der Waals surface area contributed by atoms with Gasteiger partial charge in [0.1, 0.15) is 12.4 Å². The van der Waals surface area contributed by atoms with E-state index in [0.29, 0.717) is 12.4 Å². The van der Waals surface area contributed by atoms with E-state index in [2.05, 4.69) is 18.8 Å². The summed E-state index contributed by atoms with van der Waals surface area (Å²) in [4.78, 5) is 14.7. The molecule has 2 N–H and O–H groups in total. The summed E-state index contributed by atoms with van der Waals surface area (Å²) in [6.45, 7) is 6.78. The molecule has 0 saturated heterocycles. The van der Waals surface area contributed by atoms with Crippen LogP contribution in [-0.2, 0) is 16.1 Å². The Labute approximate surface area is 109 Å². The van der Waals surface area contributed by atoms with Crippen molar-refractivity contribution in [2.75, 3.05) is 12.3 Å². The molecule has 0 atom stereocenters. The third-order valence-corrected chi connectivity index (χ3v) is 2.23. The topological polar surface area (TPSA) is 70.1 Å². The van der Waals surface area contributed by atoms with Crippen LogP contribution in [0.5, 0.6) is 0 Å². The first-order chi connectivity index (χ1) is 8.63. The smallest absolute Gasteiger partial charge is 0.325 e. The highest BCUT2D eigenvalue weighted by Gasteiger charge is 2.02. The van der Waals surface area contributed by atoms with Gasteiger partial charge in [0.05, 0.1) is 12.9 Å². The van der Waals surface area contributed by atoms with Crippen molar-refractivity contribution >= 4 is 11.8 Å². The Kier molecular flexibility index (Phi) is 9.73. The predicted octanol–water partition coefficient (Wildman–Crippen LogP) is 2.62. The van der Waals surface area contributed by atoms with Crippen LogP contribution in [0.3, 0.4) is 0 Å². The van der Waals surface area contributed by atoms with Gasteiger partial charge in [-0.05, 0) is 6.92 Å². The number of hydrogen-bond acceptors (Lipinski definition) is 4. The van der Waals surface area contributed by atoms with Crippen LogP contribution in [0, 0.1) is 0 Å². The van der Waals surface area contributed by atoms with E-state index in [1.807, 2.05) is 0 Å². The van der Waals surface area contributed by atoms with Gasteiger partial charge in [-0.15, -0.1) is 0 Å². The van der Waals surface area contributed by atoms with Crippen LogP contribution in [0.1, 0.15) is 46.5 Å². The van der Waals surface area contributed by atoms with Crippen molar-refractivity contribution < 1.29 is 9.53 Å². The molecule has 1 heterocycles. The van der Waals surface area contributed by atoms with Gasteiger partial charge in [-0.25, -0.2) is 4.98 Å². The van der Waals surface area contributed by atoms with Crippen LogP contribution in [0.2, 0.25) is 0 Å². The van der Waals surface area contributed by atoms with Gasteiger partial charge in [0.25, 0.3) is 0 Å². The third-order valence-electron chi connectivity index (χ3n) is 2.23. The minimum absolute atomic E-state index is 0.165. The Morgan fingerprint density at radius 3 is 2.33 bits per heavy atom. The standard InChI is InChI=1S/C7H11N3O2.C6H14/c1-2-12-7(11)4-10-3-6(8)9-5-10;1-3-5-6-4-2/h3,5H,2,4,8H2,1H3;3-6H2,1-2H3. The molecule has 5 nitrogen and oxygen atoms in total. The summed E-state index contributed by atoms with van der Waals surface area (Å²) in [5, 5.41) is 0. The minimum Gasteiger partial charge on any atom is -0.465 e. The van der Waals surface area contributed by atoms with Crippen LogP contribution in [0.4, 0.5) is 5.82 Å². The van der Waals surface area contributed by atoms with Crippen LogP contribution < -0.4 is 5.73 Å². The second-order valence-corrected chi connectivity index (χ2v) is 3.98. The molecule has 0 spiro atoms. The fourth-order valence-corrected chi connectivity index (χ4v) is 1.32. The average molecular weight is 255 g/mol. The highest BCUT2D eigenvalue weighted by molar-refractivity contribution is 5.69. The highest BCUT2D eigenvalue weighted by atomic mass is 16.5. The molecule has 0 aliphatic carbocycles. The highest BCUT2D eigenvalue weighted by Crippen LogP contribution is 1.96. The normalized spacial score (nSPS) is 9.50. The largest absolute Gasteiger partial charge is 0.465 e. The third kappa shape index (κ3) is 8.61. The lowest BCUT2D eigenvalue weighted by Gasteiger charge is -2.00. The van der Waals surface area contributed by atoms with Crippen molar-refractivity contribution in [1.29, 1.82) is 0 Å². The second-order valence-electron chi connectivity index (χ2n) is 3.98. The van der Waals surface area contributed by atoms with E-state index in [-0.39, 0.29) is 12.5 Å². The number of anilines is 1. The molecular formula is C13H25N3O2. The maximum Gasteiger partial charge on any atom is 0.325 e. The molecule has 0 bridgehead atoms. The monoisotopic (exact) mass is 255 g/mol. The van der Waals surface area contributed by atoms with Gasteiger partial charge >= 0.3 is 5.97 Å². The van der Waals surface area contributed by atoms with Gasteiger partial charge in [-0.1, -0.05) is 39.5 Å². The van der Waals surface area contributed by atoms with Crippen LogP contribution >= 0.6 is 0 Å². The van der Waals surface area contributed by atoms with E-state index in [1.54, 1.807) is 17.7 Å². The van der Waals surface area contributed by atoms with E-state index < -0.39 is 0 Å². The van der Waals surface area contributed by atoms with Crippen molar-refractivity contribution in [2.45, 2.75) is 53.0 Å². The Balaban J connectivity index is 0.000000411. The summed E-state index contributed by atoms with van der Waals surface area (Å²) in [5.74, 6) is 0.120. The van der Waals surface area contributed by atoms with E-state index in [9.17, 15) is 4.79 Å². The molecule has 0 aliphatic rings. The van der Waals surface area contributed by atoms with Crippen LogP contribution in [0.15, 0.2) is 12.5 Å². The molecule has 0 amide bonds. The van der Waals surface area contributed by atoms with Crippen molar-refractivity contribution in [3.8, 4) is 0 Å². The molecule has 104 valence electrons. The minimum atomic E-state index is -0.282. The molecule has 0 saturated carbocycles. The number of unbranched alkanes of at least 4 members (excludes halogenated alkanes) is 3. The molecule has 0 fully saturated rings. The first-order valence-corrected chi connectivity index (χ1v) is 6.56. The number of nitrogens with zero attached hydrogens (tertiary/aromatic N) is 2. The van der Waals surface area contributed by atoms with Crippen molar-refractivity contribution in [2.24, 2.45) is 0 Å². The summed E-state index contributed by atoms with van der Waals surface area (Å²) in [6.07, 6.45) is 8.61. The van der Waals surface area contributed by atoms with Gasteiger partial charge in [-0.3, -0.25) is 4.79 Å². The Bertz CT molecular complexity index is 320. The Morgan fingerprint density at radius 1 is 1.33 bits per heavy atom. The number of ether oxygens (including phenoxy) is 1. The summed E-state index contributed by atoms with van der Waals surface area (Å²) in [5.41, 5.74) is 5.34. The Morgan fingerprint density at radius 2 is 1.94 bits per heavy atom. The molecule has 1 aromatic rings. The Hall–Kier alpha value is -1.52. The SMILES string of the molecule is CCCCCC.CCOC(=O)Cn1cnc(N)c1. The zero-order valence-electron chi connectivity index (χ0n) is 11.7. The van der Waals surface area contributed by atoms with E-state index in [4.69, 9.17) is 10.5 Å². The van der Waals surface area contributed by atoms with E-state index >= 15 is 0 Å². The van der Waals surface area contributed by atoms with Gasteiger partial charge in [0.15, 0.2) is 0 Å². The fourth-order valence-electron chi connectivity index (χ4n) is 1.32. The summed E-state index contributed by atoms with van der Waals surface area (Å²) < 4.78 is 6.30. The predicted molar refractivity (Wildman–Crippen MR) is 73.1 cm³/mol. The van der Waals surface area contributed by atoms with E-state index in [0.717, 1.165) is 0 Å². The van der Waals surface area contributed by atoms with Gasteiger partial charge in [0.2, 0.25) is 0 Å². The molecular weight excluding hydrogens is 230 g/mol. The molecule has 5 heteroatoms. The number of esters is 1. The molecule has 1 aromatic heterocycles. The molecule has 0 aromatic carbocycles. The zero-order chi connectivity index (χ0) is 13.8. The quantitative estimate of drug-likeness (QED) is 0.626. The number of carbonyl (C=O) groups is 1. The number of imidazole rings is 1. The van der Waals surface area contributed by atoms with Crippen molar-refractivity contribution in [3.05, 3.63) is 12.5 Å². The number of aromatic nitrogens is 2. The lowest BCUT2D eigenvalue weighted by molar-refractivity contribution is -0.143. The van der Waals surface area contributed by atoms with Gasteiger partial charge in [0, 0.05) is 6.20 Å². The van der Waals surface area contributed by atoms with Crippen LogP contribution in [0.25, 0.3) is 0 Å². The molecule has 18 heavy (non-hydrogen) atoms. The number of nitrogen functional groups attached to an aromatic ring is 1. The number of nitrogens with two attached hydrogens (primary N) is 1. The lowest BCUT2D eigenvalue weighted by atomic mass is 10.2. The van der Waals surface area contributed by atoms with Crippen LogP contribution in [-0.4, -0.2) is 22.1 Å². The maximum absolute atomic E-state index is 10.9. The van der Waals surface area contributed by atoms with E-state index in [1.165, 1.54) is 32.0 Å². The lowest BCUT2D eigenvalue weighted by Crippen LogP contribution is -2.11. The first kappa shape index (κ1) is 16.5. The van der Waals surface area contributed by atoms with Crippen molar-refractivity contribution in [1.82, 2.24) is 9.55 Å². The number of rotatable bonds is 6. The fraction of sp³-hybridized carbons (Fsp3) is 0.692. The average Bonchev–Trinajstić information content (AvgIpc) is 2.73. The first-order valence-electron chi connectivity index (χ1n) is 6.56. The van der Waals surface area contributed by atoms with Gasteiger partial charge < -0.3 is 15.0 Å². The summed E-state index contributed by atoms with van der Waals surface area (Å²) in [7, 11) is 0. The summed E-state index contributed by atoms with van der Waals surface area (Å²) >= 11 is 0. The maximum atomic E-state index is 10.9. The van der Waals surface area contributed by atoms with Crippen molar-refractivity contribution in [3.63, 3.8) is 0 Å². The molecule has 1 rings (SSSR count).